The van der Waals surface area contributed by atoms with Gasteiger partial charge >= 0.3 is 5.97 Å². The van der Waals surface area contributed by atoms with Crippen molar-refractivity contribution < 1.29 is 9.53 Å². The average Bonchev–Trinajstić information content (AvgIpc) is 2.82. The average molecular weight is 300 g/mol. The lowest BCUT2D eigenvalue weighted by atomic mass is 9.70. The second-order valence-electron chi connectivity index (χ2n) is 7.91. The zero-order chi connectivity index (χ0) is 16.0. The van der Waals surface area contributed by atoms with E-state index in [1.54, 1.807) is 0 Å². The van der Waals surface area contributed by atoms with Crippen LogP contribution < -0.4 is 0 Å². The van der Waals surface area contributed by atoms with Crippen molar-refractivity contribution in [3.05, 3.63) is 35.9 Å². The van der Waals surface area contributed by atoms with Gasteiger partial charge in [0.15, 0.2) is 0 Å². The van der Waals surface area contributed by atoms with Gasteiger partial charge in [-0.05, 0) is 42.6 Å². The van der Waals surface area contributed by atoms with Crippen LogP contribution in [-0.4, -0.2) is 12.1 Å². The Morgan fingerprint density at radius 1 is 1.27 bits per heavy atom. The number of ether oxygens (including phenoxy) is 1. The van der Waals surface area contributed by atoms with Gasteiger partial charge < -0.3 is 4.74 Å². The minimum absolute atomic E-state index is 0.0386. The quantitative estimate of drug-likeness (QED) is 0.736. The van der Waals surface area contributed by atoms with E-state index >= 15 is 0 Å². The molecule has 1 aromatic carbocycles. The van der Waals surface area contributed by atoms with E-state index in [-0.39, 0.29) is 28.8 Å². The smallest absolute Gasteiger partial charge is 0.313 e. The van der Waals surface area contributed by atoms with E-state index in [1.807, 2.05) is 30.3 Å². The van der Waals surface area contributed by atoms with Crippen molar-refractivity contribution in [1.82, 2.24) is 0 Å². The van der Waals surface area contributed by atoms with Crippen LogP contribution in [0.5, 0.6) is 0 Å². The van der Waals surface area contributed by atoms with E-state index in [0.29, 0.717) is 5.92 Å². The first kappa shape index (κ1) is 15.6. The third-order valence-electron chi connectivity index (χ3n) is 6.87. The summed E-state index contributed by atoms with van der Waals surface area (Å²) in [7, 11) is 0. The van der Waals surface area contributed by atoms with Gasteiger partial charge in [-0.2, -0.15) is 0 Å². The molecule has 2 aliphatic rings. The highest BCUT2D eigenvalue weighted by Crippen LogP contribution is 2.66. The first-order valence-electron chi connectivity index (χ1n) is 8.65. The number of hydrogen-bond acceptors (Lipinski definition) is 2. The van der Waals surface area contributed by atoms with Crippen LogP contribution in [0.2, 0.25) is 0 Å². The molecule has 0 N–H and O–H groups in total. The Morgan fingerprint density at radius 2 is 1.95 bits per heavy atom. The Balaban J connectivity index is 1.75. The summed E-state index contributed by atoms with van der Waals surface area (Å²) in [6.07, 6.45) is 4.39. The number of esters is 1. The summed E-state index contributed by atoms with van der Waals surface area (Å²) >= 11 is 0. The van der Waals surface area contributed by atoms with Gasteiger partial charge in [0.05, 0.1) is 5.92 Å². The normalized spacial score (nSPS) is 33.6. The van der Waals surface area contributed by atoms with Gasteiger partial charge in [0.25, 0.3) is 0 Å². The minimum Gasteiger partial charge on any atom is -0.461 e. The second-order valence-corrected chi connectivity index (χ2v) is 7.91. The number of carbonyl (C=O) groups excluding carboxylic acids is 1. The van der Waals surface area contributed by atoms with E-state index < -0.39 is 0 Å². The molecule has 3 rings (SSSR count). The van der Waals surface area contributed by atoms with E-state index in [2.05, 4.69) is 27.7 Å². The Morgan fingerprint density at radius 3 is 2.45 bits per heavy atom. The van der Waals surface area contributed by atoms with Crippen LogP contribution in [0.25, 0.3) is 0 Å². The van der Waals surface area contributed by atoms with Crippen molar-refractivity contribution in [3.8, 4) is 0 Å². The van der Waals surface area contributed by atoms with Gasteiger partial charge in [-0.3, -0.25) is 4.79 Å². The first-order chi connectivity index (χ1) is 10.4. The van der Waals surface area contributed by atoms with Crippen molar-refractivity contribution in [2.24, 2.45) is 16.7 Å². The zero-order valence-corrected chi connectivity index (χ0v) is 14.3. The second kappa shape index (κ2) is 5.40. The van der Waals surface area contributed by atoms with Crippen molar-refractivity contribution in [2.45, 2.75) is 65.4 Å². The molecule has 0 aromatic heterocycles. The molecule has 2 heteroatoms. The fraction of sp³-hybridized carbons (Fsp3) is 0.650. The van der Waals surface area contributed by atoms with E-state index in [9.17, 15) is 4.79 Å². The maximum Gasteiger partial charge on any atom is 0.313 e. The molecule has 2 aliphatic carbocycles. The fourth-order valence-corrected chi connectivity index (χ4v) is 4.75. The highest BCUT2D eigenvalue weighted by atomic mass is 16.5. The molecule has 0 aliphatic heterocycles. The number of benzene rings is 1. The lowest BCUT2D eigenvalue weighted by Crippen LogP contribution is -2.39. The summed E-state index contributed by atoms with van der Waals surface area (Å²) in [4.78, 5) is 12.7. The van der Waals surface area contributed by atoms with Crippen molar-refractivity contribution in [3.63, 3.8) is 0 Å². The van der Waals surface area contributed by atoms with Crippen molar-refractivity contribution in [1.29, 1.82) is 0 Å². The molecule has 4 atom stereocenters. The first-order valence-corrected chi connectivity index (χ1v) is 8.65. The van der Waals surface area contributed by atoms with Crippen LogP contribution in [0.3, 0.4) is 0 Å². The molecule has 2 saturated carbocycles. The molecule has 0 radical (unpaired) electrons. The van der Waals surface area contributed by atoms with Crippen molar-refractivity contribution >= 4 is 5.97 Å². The van der Waals surface area contributed by atoms with Gasteiger partial charge in [-0.1, -0.05) is 58.0 Å². The molecule has 0 spiro atoms. The third kappa shape index (κ3) is 2.19. The molecule has 120 valence electrons. The van der Waals surface area contributed by atoms with Crippen LogP contribution in [0.15, 0.2) is 30.3 Å². The predicted octanol–water partition coefficient (Wildman–Crippen LogP) is 4.94. The molecular formula is C20H28O2. The third-order valence-corrected chi connectivity index (χ3v) is 6.87. The topological polar surface area (TPSA) is 26.3 Å². The monoisotopic (exact) mass is 300 g/mol. The van der Waals surface area contributed by atoms with Crippen LogP contribution in [0.1, 0.15) is 64.9 Å². The van der Waals surface area contributed by atoms with E-state index in [1.165, 1.54) is 12.8 Å². The summed E-state index contributed by atoms with van der Waals surface area (Å²) in [5, 5.41) is 0. The number of fused-ring (bicyclic) bond motifs is 2. The standard InChI is InChI=1S/C20H28O2/c1-5-16(14-9-7-6-8-10-14)18(21)22-17-13-15-11-12-20(17,4)19(15,2)3/h6-10,15-17H,5,11-13H2,1-4H3/t15-,16-,17+,20+/m0/s1. The summed E-state index contributed by atoms with van der Waals surface area (Å²) in [6.45, 7) is 9.09. The van der Waals surface area contributed by atoms with Crippen LogP contribution in [0.4, 0.5) is 0 Å². The molecule has 0 saturated heterocycles. The molecule has 0 unspecified atom stereocenters. The summed E-state index contributed by atoms with van der Waals surface area (Å²) in [5.74, 6) is 0.530. The van der Waals surface area contributed by atoms with Crippen molar-refractivity contribution in [2.75, 3.05) is 0 Å². The van der Waals surface area contributed by atoms with Gasteiger partial charge in [-0.15, -0.1) is 0 Å². The maximum atomic E-state index is 12.7. The zero-order valence-electron chi connectivity index (χ0n) is 14.3. The molecule has 2 nitrogen and oxygen atoms in total. The lowest BCUT2D eigenvalue weighted by molar-refractivity contribution is -0.158. The Hall–Kier alpha value is -1.31. The number of rotatable bonds is 4. The molecule has 0 amide bonds. The molecule has 2 fully saturated rings. The molecule has 1 aromatic rings. The van der Waals surface area contributed by atoms with Crippen LogP contribution in [-0.2, 0) is 9.53 Å². The molecule has 22 heavy (non-hydrogen) atoms. The van der Waals surface area contributed by atoms with E-state index in [4.69, 9.17) is 4.74 Å². The van der Waals surface area contributed by atoms with Crippen LogP contribution >= 0.6 is 0 Å². The van der Waals surface area contributed by atoms with E-state index in [0.717, 1.165) is 18.4 Å². The van der Waals surface area contributed by atoms with Gasteiger partial charge in [0.2, 0.25) is 0 Å². The Labute approximate surface area is 134 Å². The van der Waals surface area contributed by atoms with Crippen LogP contribution in [0, 0.1) is 16.7 Å². The SMILES string of the molecule is CC[C@H](C(=O)O[C@@H]1C[C@@H]2CC[C@@]1(C)C2(C)C)c1ccccc1. The Bertz CT molecular complexity index is 548. The summed E-state index contributed by atoms with van der Waals surface area (Å²) in [5.41, 5.74) is 1.50. The Kier molecular flexibility index (Phi) is 3.82. The molecule has 0 heterocycles. The lowest BCUT2D eigenvalue weighted by Gasteiger charge is -2.38. The predicted molar refractivity (Wildman–Crippen MR) is 88.6 cm³/mol. The highest BCUT2D eigenvalue weighted by Gasteiger charge is 2.62. The minimum atomic E-state index is -0.132. The van der Waals surface area contributed by atoms with Gasteiger partial charge in [0, 0.05) is 5.41 Å². The number of carbonyl (C=O) groups is 1. The largest absolute Gasteiger partial charge is 0.461 e. The summed E-state index contributed by atoms with van der Waals surface area (Å²) in [6, 6.07) is 10.0. The summed E-state index contributed by atoms with van der Waals surface area (Å²) < 4.78 is 6.05. The molecular weight excluding hydrogens is 272 g/mol. The molecule has 2 bridgehead atoms. The van der Waals surface area contributed by atoms with Gasteiger partial charge in [0.1, 0.15) is 6.10 Å². The van der Waals surface area contributed by atoms with Gasteiger partial charge in [-0.25, -0.2) is 0 Å². The highest BCUT2D eigenvalue weighted by molar-refractivity contribution is 5.78. The maximum absolute atomic E-state index is 12.7. The number of hydrogen-bond donors (Lipinski definition) is 0. The fourth-order valence-electron chi connectivity index (χ4n) is 4.75.